The van der Waals surface area contributed by atoms with E-state index in [0.29, 0.717) is 5.84 Å². The van der Waals surface area contributed by atoms with E-state index in [0.717, 1.165) is 70.9 Å². The lowest BCUT2D eigenvalue weighted by molar-refractivity contribution is 0.309. The van der Waals surface area contributed by atoms with Gasteiger partial charge >= 0.3 is 0 Å². The molecule has 204 valence electrons. The third-order valence-corrected chi connectivity index (χ3v) is 8.26. The maximum Gasteiger partial charge on any atom is 0.179 e. The molecule has 1 N–H and O–H groups in total. The molecule has 2 aromatic heterocycles. The highest BCUT2D eigenvalue weighted by atomic mass is 32.1. The summed E-state index contributed by atoms with van der Waals surface area (Å²) in [6.45, 7) is 4.96. The zero-order valence-electron chi connectivity index (χ0n) is 23.0. The Morgan fingerprint density at radius 3 is 2.49 bits per heavy atom. The number of ether oxygens (including phenoxy) is 1. The second kappa shape index (κ2) is 10.7. The second-order valence-corrected chi connectivity index (χ2v) is 11.1. The molecule has 0 fully saturated rings. The van der Waals surface area contributed by atoms with Crippen LogP contribution in [-0.4, -0.2) is 28.1 Å². The van der Waals surface area contributed by atoms with Crippen molar-refractivity contribution in [3.05, 3.63) is 113 Å². The first-order valence-electron chi connectivity index (χ1n) is 14.0. The molecule has 8 heteroatoms. The first kappa shape index (κ1) is 25.3. The molecular weight excluding hydrogens is 528 g/mol. The van der Waals surface area contributed by atoms with Crippen molar-refractivity contribution in [2.45, 2.75) is 32.7 Å². The van der Waals surface area contributed by atoms with Gasteiger partial charge in [-0.3, -0.25) is 0 Å². The number of rotatable bonds is 7. The normalized spacial score (nSPS) is 15.4. The minimum atomic E-state index is -0.0993. The zero-order valence-corrected chi connectivity index (χ0v) is 23.8. The van der Waals surface area contributed by atoms with Crippen LogP contribution in [0.15, 0.2) is 106 Å². The SMILES string of the molecule is CCCCOc1ccc(NC2=Nc3ccccc3N3C2=Nc2c(c(C)nn2-c2ccccc2)[C@@H]3c2cccs2)cc1. The summed E-state index contributed by atoms with van der Waals surface area (Å²) in [5.41, 5.74) is 5.86. The number of thiophene rings is 1. The second-order valence-electron chi connectivity index (χ2n) is 10.1. The van der Waals surface area contributed by atoms with Crippen LogP contribution in [0.1, 0.15) is 41.9 Å². The molecule has 3 aromatic carbocycles. The van der Waals surface area contributed by atoms with Gasteiger partial charge in [0.2, 0.25) is 0 Å². The van der Waals surface area contributed by atoms with Crippen molar-refractivity contribution in [2.75, 3.05) is 16.8 Å². The minimum Gasteiger partial charge on any atom is -0.494 e. The van der Waals surface area contributed by atoms with Gasteiger partial charge in [-0.15, -0.1) is 11.3 Å². The van der Waals surface area contributed by atoms with E-state index in [1.165, 1.54) is 4.88 Å². The lowest BCUT2D eigenvalue weighted by atomic mass is 9.98. The largest absolute Gasteiger partial charge is 0.494 e. The maximum atomic E-state index is 5.88. The van der Waals surface area contributed by atoms with E-state index in [1.54, 1.807) is 11.3 Å². The van der Waals surface area contributed by atoms with Gasteiger partial charge in [-0.1, -0.05) is 49.7 Å². The number of hydrogen-bond donors (Lipinski definition) is 1. The zero-order chi connectivity index (χ0) is 27.8. The highest BCUT2D eigenvalue weighted by Crippen LogP contribution is 2.49. The monoisotopic (exact) mass is 558 g/mol. The average molecular weight is 559 g/mol. The lowest BCUT2D eigenvalue weighted by Gasteiger charge is -2.40. The molecule has 0 amide bonds. The fourth-order valence-corrected chi connectivity index (χ4v) is 6.19. The quantitative estimate of drug-likeness (QED) is 0.204. The van der Waals surface area contributed by atoms with Gasteiger partial charge in [0.1, 0.15) is 11.8 Å². The van der Waals surface area contributed by atoms with Crippen LogP contribution in [0.3, 0.4) is 0 Å². The minimum absolute atomic E-state index is 0.0993. The number of aliphatic imine (C=N–C) groups is 2. The molecule has 0 aliphatic carbocycles. The number of para-hydroxylation sites is 3. The van der Waals surface area contributed by atoms with E-state index in [9.17, 15) is 0 Å². The van der Waals surface area contributed by atoms with E-state index in [4.69, 9.17) is 19.8 Å². The smallest absolute Gasteiger partial charge is 0.179 e. The number of amidine groups is 2. The standard InChI is InChI=1S/C33H30N6OS/c1-3-4-20-40-25-18-16-23(17-19-25)34-31-33-36-32-29(22(2)37-39(32)24-11-6-5-7-12-24)30(28-15-10-21-41-28)38(33)27-14-9-8-13-26(27)35-31/h5-19,21,30H,3-4,20H2,1-2H3,(H,34,35)/t30-/m0/s1. The first-order chi connectivity index (χ1) is 20.2. The van der Waals surface area contributed by atoms with Crippen LogP contribution in [-0.2, 0) is 0 Å². The Morgan fingerprint density at radius 2 is 1.71 bits per heavy atom. The maximum absolute atomic E-state index is 5.88. The van der Waals surface area contributed by atoms with Gasteiger partial charge in [0.25, 0.3) is 0 Å². The summed E-state index contributed by atoms with van der Waals surface area (Å²) in [6, 6.07) is 30.7. The van der Waals surface area contributed by atoms with Gasteiger partial charge < -0.3 is 15.0 Å². The number of anilines is 2. The molecule has 7 nitrogen and oxygen atoms in total. The van der Waals surface area contributed by atoms with E-state index in [1.807, 2.05) is 53.2 Å². The van der Waals surface area contributed by atoms with Gasteiger partial charge in [0.05, 0.1) is 29.4 Å². The van der Waals surface area contributed by atoms with Crippen LogP contribution in [0.25, 0.3) is 5.69 Å². The van der Waals surface area contributed by atoms with Crippen molar-refractivity contribution in [2.24, 2.45) is 9.98 Å². The van der Waals surface area contributed by atoms with Crippen LogP contribution >= 0.6 is 11.3 Å². The molecule has 41 heavy (non-hydrogen) atoms. The van der Waals surface area contributed by atoms with Gasteiger partial charge in [0.15, 0.2) is 17.5 Å². The molecule has 1 atom stereocenters. The highest BCUT2D eigenvalue weighted by molar-refractivity contribution is 7.10. The van der Waals surface area contributed by atoms with E-state index in [-0.39, 0.29) is 6.04 Å². The molecule has 2 aliphatic rings. The number of nitrogens with one attached hydrogen (secondary N) is 1. The van der Waals surface area contributed by atoms with Gasteiger partial charge in [-0.25, -0.2) is 14.7 Å². The molecule has 7 rings (SSSR count). The van der Waals surface area contributed by atoms with E-state index < -0.39 is 0 Å². The molecular formula is C33H30N6OS. The molecule has 0 radical (unpaired) electrons. The molecule has 0 saturated heterocycles. The van der Waals surface area contributed by atoms with Crippen molar-refractivity contribution in [1.29, 1.82) is 0 Å². The Bertz CT molecular complexity index is 1740. The molecule has 0 bridgehead atoms. The number of aryl methyl sites for hydroxylation is 1. The van der Waals surface area contributed by atoms with Crippen molar-refractivity contribution in [3.63, 3.8) is 0 Å². The number of nitrogens with zero attached hydrogens (tertiary/aromatic N) is 5. The Labute approximate surface area is 243 Å². The number of unbranched alkanes of at least 4 members (excludes halogenated alkanes) is 1. The summed E-state index contributed by atoms with van der Waals surface area (Å²) >= 11 is 1.74. The average Bonchev–Trinajstić information content (AvgIpc) is 3.66. The van der Waals surface area contributed by atoms with Gasteiger partial charge in [-0.05, 0) is 73.3 Å². The number of hydrogen-bond acceptors (Lipinski definition) is 7. The molecule has 0 saturated carbocycles. The Kier molecular flexibility index (Phi) is 6.60. The van der Waals surface area contributed by atoms with E-state index >= 15 is 0 Å². The third-order valence-electron chi connectivity index (χ3n) is 7.34. The topological polar surface area (TPSA) is 67.0 Å². The molecule has 4 heterocycles. The highest BCUT2D eigenvalue weighted by Gasteiger charge is 2.41. The predicted octanol–water partition coefficient (Wildman–Crippen LogP) is 8.22. The molecule has 2 aliphatic heterocycles. The third kappa shape index (κ3) is 4.60. The molecule has 5 aromatic rings. The number of benzene rings is 3. The summed E-state index contributed by atoms with van der Waals surface area (Å²) in [7, 11) is 0. The fraction of sp³-hybridized carbons (Fsp3) is 0.182. The first-order valence-corrected chi connectivity index (χ1v) is 14.8. The van der Waals surface area contributed by atoms with Crippen molar-refractivity contribution >= 4 is 45.9 Å². The number of fused-ring (bicyclic) bond motifs is 4. The summed E-state index contributed by atoms with van der Waals surface area (Å²) in [5, 5.41) is 10.7. The van der Waals surface area contributed by atoms with Crippen LogP contribution < -0.4 is 15.0 Å². The van der Waals surface area contributed by atoms with Crippen molar-refractivity contribution in [1.82, 2.24) is 9.78 Å². The summed E-state index contributed by atoms with van der Waals surface area (Å²) in [5.74, 6) is 3.14. The van der Waals surface area contributed by atoms with Crippen LogP contribution in [0.2, 0.25) is 0 Å². The predicted molar refractivity (Wildman–Crippen MR) is 168 cm³/mol. The fourth-order valence-electron chi connectivity index (χ4n) is 5.37. The van der Waals surface area contributed by atoms with Gasteiger partial charge in [0, 0.05) is 16.1 Å². The summed E-state index contributed by atoms with van der Waals surface area (Å²) in [4.78, 5) is 13.9. The Balaban J connectivity index is 1.37. The number of aromatic nitrogens is 2. The Morgan fingerprint density at radius 1 is 0.902 bits per heavy atom. The van der Waals surface area contributed by atoms with Crippen molar-refractivity contribution < 1.29 is 4.74 Å². The molecule has 0 spiro atoms. The van der Waals surface area contributed by atoms with Crippen LogP contribution in [0.5, 0.6) is 5.75 Å². The van der Waals surface area contributed by atoms with Crippen molar-refractivity contribution in [3.8, 4) is 11.4 Å². The van der Waals surface area contributed by atoms with E-state index in [2.05, 4.69) is 71.9 Å². The summed E-state index contributed by atoms with van der Waals surface area (Å²) in [6.07, 6.45) is 2.15. The lowest BCUT2D eigenvalue weighted by Crippen LogP contribution is -2.46. The van der Waals surface area contributed by atoms with Crippen LogP contribution in [0.4, 0.5) is 22.9 Å². The Hall–Kier alpha value is -4.69. The molecule has 0 unspecified atom stereocenters. The van der Waals surface area contributed by atoms with Gasteiger partial charge in [-0.2, -0.15) is 5.10 Å². The van der Waals surface area contributed by atoms with Crippen LogP contribution in [0, 0.1) is 6.92 Å². The summed E-state index contributed by atoms with van der Waals surface area (Å²) < 4.78 is 7.83.